The van der Waals surface area contributed by atoms with E-state index in [1.165, 1.54) is 0 Å². The molecule has 0 aromatic heterocycles. The number of hydrogen-bond donors (Lipinski definition) is 2. The SMILES string of the molecule is CCC(N)(CC)CNC(=O)C1CCCO1.Cl. The van der Waals surface area contributed by atoms with Gasteiger partial charge in [0.05, 0.1) is 0 Å². The molecule has 1 rings (SSSR count). The van der Waals surface area contributed by atoms with E-state index in [-0.39, 0.29) is 30.0 Å². The van der Waals surface area contributed by atoms with Crippen LogP contribution in [0.2, 0.25) is 0 Å². The van der Waals surface area contributed by atoms with E-state index in [9.17, 15) is 4.79 Å². The number of rotatable bonds is 5. The first-order valence-electron chi connectivity index (χ1n) is 5.79. The molecule has 0 aliphatic carbocycles. The van der Waals surface area contributed by atoms with E-state index < -0.39 is 0 Å². The number of hydrogen-bond acceptors (Lipinski definition) is 3. The maximum absolute atomic E-state index is 11.6. The molecule has 1 aliphatic heterocycles. The van der Waals surface area contributed by atoms with E-state index in [4.69, 9.17) is 10.5 Å². The van der Waals surface area contributed by atoms with Crippen molar-refractivity contribution in [3.8, 4) is 0 Å². The van der Waals surface area contributed by atoms with Crippen LogP contribution in [0, 0.1) is 0 Å². The molecule has 0 aromatic carbocycles. The van der Waals surface area contributed by atoms with Gasteiger partial charge in [0.15, 0.2) is 0 Å². The van der Waals surface area contributed by atoms with Gasteiger partial charge in [-0.25, -0.2) is 0 Å². The van der Waals surface area contributed by atoms with Crippen LogP contribution in [0.3, 0.4) is 0 Å². The lowest BCUT2D eigenvalue weighted by atomic mass is 9.94. The van der Waals surface area contributed by atoms with Crippen LogP contribution < -0.4 is 11.1 Å². The molecule has 0 aromatic rings. The molecule has 1 unspecified atom stereocenters. The summed E-state index contributed by atoms with van der Waals surface area (Å²) in [5.74, 6) is -0.00998. The summed E-state index contributed by atoms with van der Waals surface area (Å²) in [5.41, 5.74) is 5.82. The summed E-state index contributed by atoms with van der Waals surface area (Å²) in [5, 5.41) is 2.88. The lowest BCUT2D eigenvalue weighted by molar-refractivity contribution is -0.130. The Bertz CT molecular complexity index is 214. The summed E-state index contributed by atoms with van der Waals surface area (Å²) >= 11 is 0. The zero-order valence-electron chi connectivity index (χ0n) is 10.1. The number of carbonyl (C=O) groups excluding carboxylic acids is 1. The van der Waals surface area contributed by atoms with Crippen molar-refractivity contribution in [3.63, 3.8) is 0 Å². The number of amides is 1. The summed E-state index contributed by atoms with van der Waals surface area (Å²) in [7, 11) is 0. The van der Waals surface area contributed by atoms with Gasteiger partial charge in [0.1, 0.15) is 6.10 Å². The second-order valence-corrected chi connectivity index (χ2v) is 4.29. The predicted molar refractivity (Wildman–Crippen MR) is 66.7 cm³/mol. The Balaban J connectivity index is 0.00000225. The molecule has 1 fully saturated rings. The standard InChI is InChI=1S/C11H22N2O2.ClH/c1-3-11(12,4-2)8-13-10(14)9-6-5-7-15-9;/h9H,3-8,12H2,1-2H3,(H,13,14);1H. The Morgan fingerprint density at radius 2 is 2.12 bits per heavy atom. The third-order valence-corrected chi connectivity index (χ3v) is 3.25. The summed E-state index contributed by atoms with van der Waals surface area (Å²) in [4.78, 5) is 11.6. The van der Waals surface area contributed by atoms with Crippen LogP contribution in [0.25, 0.3) is 0 Å². The van der Waals surface area contributed by atoms with Gasteiger partial charge in [-0.3, -0.25) is 4.79 Å². The highest BCUT2D eigenvalue weighted by Crippen LogP contribution is 2.13. The zero-order chi connectivity index (χ0) is 11.3. The summed E-state index contributed by atoms with van der Waals surface area (Å²) in [6.45, 7) is 5.33. The Morgan fingerprint density at radius 1 is 1.50 bits per heavy atom. The largest absolute Gasteiger partial charge is 0.368 e. The molecule has 3 N–H and O–H groups in total. The van der Waals surface area contributed by atoms with Crippen molar-refractivity contribution in [2.45, 2.75) is 51.2 Å². The van der Waals surface area contributed by atoms with Gasteiger partial charge in [-0.15, -0.1) is 12.4 Å². The van der Waals surface area contributed by atoms with E-state index in [0.29, 0.717) is 13.2 Å². The highest BCUT2D eigenvalue weighted by Gasteiger charge is 2.26. The molecule has 0 bridgehead atoms. The molecule has 1 amide bonds. The van der Waals surface area contributed by atoms with Crippen LogP contribution in [0.4, 0.5) is 0 Å². The third-order valence-electron chi connectivity index (χ3n) is 3.25. The minimum Gasteiger partial charge on any atom is -0.368 e. The first kappa shape index (κ1) is 15.7. The van der Waals surface area contributed by atoms with Crippen LogP contribution in [0.1, 0.15) is 39.5 Å². The number of ether oxygens (including phenoxy) is 1. The van der Waals surface area contributed by atoms with Gasteiger partial charge in [-0.2, -0.15) is 0 Å². The van der Waals surface area contributed by atoms with Crippen molar-refractivity contribution in [2.75, 3.05) is 13.2 Å². The maximum Gasteiger partial charge on any atom is 0.249 e. The summed E-state index contributed by atoms with van der Waals surface area (Å²) in [6.07, 6.45) is 3.31. The molecule has 1 heterocycles. The quantitative estimate of drug-likeness (QED) is 0.771. The Hall–Kier alpha value is -0.320. The fourth-order valence-corrected chi connectivity index (χ4v) is 1.66. The second-order valence-electron chi connectivity index (χ2n) is 4.29. The first-order valence-corrected chi connectivity index (χ1v) is 5.79. The molecule has 0 radical (unpaired) electrons. The normalized spacial score (nSPS) is 20.3. The van der Waals surface area contributed by atoms with Crippen LogP contribution >= 0.6 is 12.4 Å². The number of carbonyl (C=O) groups is 1. The summed E-state index contributed by atoms with van der Waals surface area (Å²) < 4.78 is 5.29. The predicted octanol–water partition coefficient (Wildman–Crippen LogP) is 1.22. The van der Waals surface area contributed by atoms with Crippen LogP contribution in [-0.4, -0.2) is 30.7 Å². The second kappa shape index (κ2) is 7.09. The van der Waals surface area contributed by atoms with E-state index in [1.54, 1.807) is 0 Å². The van der Waals surface area contributed by atoms with Crippen LogP contribution in [-0.2, 0) is 9.53 Å². The van der Waals surface area contributed by atoms with Crippen LogP contribution in [0.15, 0.2) is 0 Å². The van der Waals surface area contributed by atoms with Crippen molar-refractivity contribution in [1.29, 1.82) is 0 Å². The van der Waals surface area contributed by atoms with Crippen LogP contribution in [0.5, 0.6) is 0 Å². The minimum atomic E-state index is -0.270. The fourth-order valence-electron chi connectivity index (χ4n) is 1.66. The highest BCUT2D eigenvalue weighted by atomic mass is 35.5. The van der Waals surface area contributed by atoms with Gasteiger partial charge in [0.2, 0.25) is 5.91 Å². The molecule has 1 atom stereocenters. The minimum absolute atomic E-state index is 0. The fraction of sp³-hybridized carbons (Fsp3) is 0.909. The third kappa shape index (κ3) is 4.28. The van der Waals surface area contributed by atoms with Crippen molar-refractivity contribution >= 4 is 18.3 Å². The molecular weight excluding hydrogens is 228 g/mol. The molecular formula is C11H23ClN2O2. The van der Waals surface area contributed by atoms with Gasteiger partial charge in [0.25, 0.3) is 0 Å². The topological polar surface area (TPSA) is 64.3 Å². The highest BCUT2D eigenvalue weighted by molar-refractivity contribution is 5.85. The molecule has 5 heteroatoms. The average molecular weight is 251 g/mol. The van der Waals surface area contributed by atoms with E-state index >= 15 is 0 Å². The molecule has 16 heavy (non-hydrogen) atoms. The molecule has 0 spiro atoms. The monoisotopic (exact) mass is 250 g/mol. The average Bonchev–Trinajstić information content (AvgIpc) is 2.79. The molecule has 0 saturated carbocycles. The maximum atomic E-state index is 11.6. The number of nitrogens with one attached hydrogen (secondary N) is 1. The lowest BCUT2D eigenvalue weighted by Crippen LogP contribution is -2.51. The number of halogens is 1. The molecule has 96 valence electrons. The first-order chi connectivity index (χ1) is 7.11. The van der Waals surface area contributed by atoms with Gasteiger partial charge in [-0.1, -0.05) is 13.8 Å². The zero-order valence-corrected chi connectivity index (χ0v) is 10.9. The van der Waals surface area contributed by atoms with Crippen molar-refractivity contribution < 1.29 is 9.53 Å². The molecule has 1 saturated heterocycles. The van der Waals surface area contributed by atoms with Gasteiger partial charge >= 0.3 is 0 Å². The van der Waals surface area contributed by atoms with E-state index in [2.05, 4.69) is 5.32 Å². The van der Waals surface area contributed by atoms with Crippen molar-refractivity contribution in [3.05, 3.63) is 0 Å². The smallest absolute Gasteiger partial charge is 0.249 e. The van der Waals surface area contributed by atoms with Crippen molar-refractivity contribution in [1.82, 2.24) is 5.32 Å². The Morgan fingerprint density at radius 3 is 2.56 bits per heavy atom. The van der Waals surface area contributed by atoms with Gasteiger partial charge in [-0.05, 0) is 25.7 Å². The van der Waals surface area contributed by atoms with E-state index in [1.807, 2.05) is 13.8 Å². The number of nitrogens with two attached hydrogens (primary N) is 1. The van der Waals surface area contributed by atoms with Gasteiger partial charge in [0, 0.05) is 18.7 Å². The summed E-state index contributed by atoms with van der Waals surface area (Å²) in [6, 6.07) is 0. The molecule has 4 nitrogen and oxygen atoms in total. The molecule has 1 aliphatic rings. The van der Waals surface area contributed by atoms with E-state index in [0.717, 1.165) is 25.7 Å². The van der Waals surface area contributed by atoms with Crippen molar-refractivity contribution in [2.24, 2.45) is 5.73 Å². The lowest BCUT2D eigenvalue weighted by Gasteiger charge is -2.27. The Labute approximate surface area is 104 Å². The Kier molecular flexibility index (Phi) is 6.95. The van der Waals surface area contributed by atoms with Gasteiger partial charge < -0.3 is 15.8 Å².